The summed E-state index contributed by atoms with van der Waals surface area (Å²) in [6.45, 7) is 0.121. The van der Waals surface area contributed by atoms with E-state index in [4.69, 9.17) is 9.94 Å². The van der Waals surface area contributed by atoms with Crippen LogP contribution in [0, 0.1) is 0 Å². The summed E-state index contributed by atoms with van der Waals surface area (Å²) in [4.78, 5) is 25.4. The highest BCUT2D eigenvalue weighted by atomic mass is 32.2. The molecule has 0 radical (unpaired) electrons. The number of hydrogen-bond acceptors (Lipinski definition) is 6. The fourth-order valence-electron chi connectivity index (χ4n) is 2.66. The van der Waals surface area contributed by atoms with Gasteiger partial charge in [0.05, 0.1) is 18.0 Å². The Kier molecular flexibility index (Phi) is 5.19. The first-order chi connectivity index (χ1) is 12.5. The predicted octanol–water partition coefficient (Wildman–Crippen LogP) is 0.843. The largest absolute Gasteiger partial charge is 0.482 e. The molecule has 2 aromatic carbocycles. The van der Waals surface area contributed by atoms with Crippen LogP contribution >= 0.6 is 0 Å². The molecule has 8 nitrogen and oxygen atoms in total. The van der Waals surface area contributed by atoms with Crippen LogP contribution in [0.4, 0.5) is 5.69 Å². The van der Waals surface area contributed by atoms with E-state index in [0.717, 1.165) is 5.56 Å². The number of hydroxylamine groups is 1. The Morgan fingerprint density at radius 2 is 1.85 bits per heavy atom. The van der Waals surface area contributed by atoms with Gasteiger partial charge in [-0.2, -0.15) is 0 Å². The summed E-state index contributed by atoms with van der Waals surface area (Å²) in [6.07, 6.45) is 0. The molecule has 2 aromatic rings. The van der Waals surface area contributed by atoms with Crippen molar-refractivity contribution in [2.24, 2.45) is 0 Å². The van der Waals surface area contributed by atoms with Crippen molar-refractivity contribution in [2.45, 2.75) is 12.3 Å². The maximum atomic E-state index is 12.3. The van der Waals surface area contributed by atoms with Crippen LogP contribution in [0.25, 0.3) is 0 Å². The first-order valence-electron chi connectivity index (χ1n) is 7.69. The van der Waals surface area contributed by atoms with Crippen molar-refractivity contribution in [3.8, 4) is 5.75 Å². The normalized spacial score (nSPS) is 13.3. The molecule has 26 heavy (non-hydrogen) atoms. The van der Waals surface area contributed by atoms with Gasteiger partial charge in [0, 0.05) is 5.56 Å². The van der Waals surface area contributed by atoms with E-state index >= 15 is 0 Å². The number of rotatable bonds is 5. The minimum Gasteiger partial charge on any atom is -0.482 e. The molecular formula is C17H16N2O6S. The predicted molar refractivity (Wildman–Crippen MR) is 92.8 cm³/mol. The summed E-state index contributed by atoms with van der Waals surface area (Å²) in [7, 11) is -2.50. The van der Waals surface area contributed by atoms with E-state index in [1.807, 2.05) is 0 Å². The van der Waals surface area contributed by atoms with Gasteiger partial charge in [0.15, 0.2) is 6.61 Å². The molecule has 9 heteroatoms. The molecule has 0 atom stereocenters. The number of hydrogen-bond donors (Lipinski definition) is 3. The standard InChI is InChI=1S/C17H16N2O6S/c20-16-9-25-15-6-5-13(17(21)18-22)7-14(15)19(16)8-11-1-3-12(4-2-11)10-26(23)24/h1-7,22,26H,8-10H2,(H,18,21). The number of thiol groups is 1. The molecule has 0 fully saturated rings. The first-order valence-corrected chi connectivity index (χ1v) is 9.05. The Hall–Kier alpha value is -2.91. The Bertz CT molecular complexity index is 915. The third kappa shape index (κ3) is 3.84. The van der Waals surface area contributed by atoms with Crippen LogP contribution in [0.2, 0.25) is 0 Å². The lowest BCUT2D eigenvalue weighted by Gasteiger charge is -2.29. The number of fused-ring (bicyclic) bond motifs is 1. The zero-order valence-corrected chi connectivity index (χ0v) is 14.4. The molecule has 1 heterocycles. The van der Waals surface area contributed by atoms with Crippen LogP contribution in [0.15, 0.2) is 42.5 Å². The molecule has 0 aliphatic carbocycles. The zero-order chi connectivity index (χ0) is 18.7. The maximum Gasteiger partial charge on any atom is 0.274 e. The molecular weight excluding hydrogens is 360 g/mol. The van der Waals surface area contributed by atoms with Crippen LogP contribution in [0.1, 0.15) is 21.5 Å². The number of amides is 2. The number of carbonyl (C=O) groups excluding carboxylic acids is 2. The van der Waals surface area contributed by atoms with Gasteiger partial charge in [0.1, 0.15) is 16.5 Å². The van der Waals surface area contributed by atoms with E-state index in [0.29, 0.717) is 17.0 Å². The first kappa shape index (κ1) is 17.9. The Labute approximate surface area is 150 Å². The Balaban J connectivity index is 1.88. The molecule has 1 aliphatic rings. The third-order valence-corrected chi connectivity index (χ3v) is 4.56. The highest BCUT2D eigenvalue weighted by Gasteiger charge is 2.26. The average Bonchev–Trinajstić information content (AvgIpc) is 2.64. The van der Waals surface area contributed by atoms with Crippen molar-refractivity contribution >= 4 is 28.2 Å². The second-order valence-electron chi connectivity index (χ2n) is 5.70. The number of carbonyl (C=O) groups is 2. The van der Waals surface area contributed by atoms with Crippen molar-refractivity contribution in [3.63, 3.8) is 0 Å². The minimum absolute atomic E-state index is 0.0332. The highest BCUT2D eigenvalue weighted by Crippen LogP contribution is 2.34. The average molecular weight is 376 g/mol. The molecule has 0 saturated carbocycles. The number of anilines is 1. The lowest BCUT2D eigenvalue weighted by atomic mass is 10.1. The molecule has 2 amide bonds. The molecule has 0 spiro atoms. The molecule has 3 rings (SSSR count). The van der Waals surface area contributed by atoms with Gasteiger partial charge in [-0.1, -0.05) is 24.3 Å². The number of nitrogens with zero attached hydrogens (tertiary/aromatic N) is 1. The van der Waals surface area contributed by atoms with Gasteiger partial charge >= 0.3 is 0 Å². The lowest BCUT2D eigenvalue weighted by Crippen LogP contribution is -2.38. The van der Waals surface area contributed by atoms with E-state index in [1.165, 1.54) is 17.0 Å². The molecule has 0 bridgehead atoms. The van der Waals surface area contributed by atoms with Crippen LogP contribution in [0.3, 0.4) is 0 Å². The topological polar surface area (TPSA) is 113 Å². The van der Waals surface area contributed by atoms with Gasteiger partial charge in [-0.05, 0) is 29.3 Å². The van der Waals surface area contributed by atoms with Crippen molar-refractivity contribution in [1.29, 1.82) is 0 Å². The number of benzene rings is 2. The number of nitrogens with one attached hydrogen (secondary N) is 1. The molecule has 0 saturated heterocycles. The van der Waals surface area contributed by atoms with Crippen LogP contribution < -0.4 is 15.1 Å². The summed E-state index contributed by atoms with van der Waals surface area (Å²) < 4.78 is 26.9. The molecule has 0 unspecified atom stereocenters. The second kappa shape index (κ2) is 7.54. The minimum atomic E-state index is -2.50. The van der Waals surface area contributed by atoms with Crippen LogP contribution in [-0.4, -0.2) is 32.0 Å². The fourth-order valence-corrected chi connectivity index (χ4v) is 3.17. The van der Waals surface area contributed by atoms with E-state index in [2.05, 4.69) is 0 Å². The summed E-state index contributed by atoms with van der Waals surface area (Å²) in [5, 5.41) is 8.78. The van der Waals surface area contributed by atoms with Gasteiger partial charge in [0.25, 0.3) is 11.8 Å². The fraction of sp³-hybridized carbons (Fsp3) is 0.176. The van der Waals surface area contributed by atoms with E-state index in [9.17, 15) is 18.0 Å². The second-order valence-corrected chi connectivity index (χ2v) is 6.68. The smallest absolute Gasteiger partial charge is 0.274 e. The third-order valence-electron chi connectivity index (χ3n) is 3.94. The van der Waals surface area contributed by atoms with Crippen LogP contribution in [-0.2, 0) is 27.8 Å². The van der Waals surface area contributed by atoms with Gasteiger partial charge < -0.3 is 9.64 Å². The van der Waals surface area contributed by atoms with E-state index < -0.39 is 16.6 Å². The van der Waals surface area contributed by atoms with Crippen LogP contribution in [0.5, 0.6) is 5.75 Å². The summed E-state index contributed by atoms with van der Waals surface area (Å²) in [5.74, 6) is -0.541. The van der Waals surface area contributed by atoms with Gasteiger partial charge in [-0.25, -0.2) is 13.9 Å². The summed E-state index contributed by atoms with van der Waals surface area (Å²) in [5.41, 5.74) is 3.63. The van der Waals surface area contributed by atoms with Crippen molar-refractivity contribution in [2.75, 3.05) is 11.5 Å². The highest BCUT2D eigenvalue weighted by molar-refractivity contribution is 7.71. The van der Waals surface area contributed by atoms with Gasteiger partial charge in [-0.15, -0.1) is 0 Å². The summed E-state index contributed by atoms with van der Waals surface area (Å²) >= 11 is 0. The Morgan fingerprint density at radius 1 is 1.15 bits per heavy atom. The quantitative estimate of drug-likeness (QED) is 0.405. The SMILES string of the molecule is O=C(NO)c1ccc2c(c1)N(Cc1ccc(C[SH](=O)=O)cc1)C(=O)CO2. The van der Waals surface area contributed by atoms with E-state index in [1.54, 1.807) is 35.8 Å². The molecule has 136 valence electrons. The molecule has 1 aliphatic heterocycles. The van der Waals surface area contributed by atoms with E-state index in [-0.39, 0.29) is 30.4 Å². The van der Waals surface area contributed by atoms with Crippen molar-refractivity contribution in [1.82, 2.24) is 5.48 Å². The zero-order valence-electron chi connectivity index (χ0n) is 13.5. The monoisotopic (exact) mass is 376 g/mol. The van der Waals surface area contributed by atoms with Gasteiger partial charge in [0.2, 0.25) is 0 Å². The van der Waals surface area contributed by atoms with Gasteiger partial charge in [-0.3, -0.25) is 14.8 Å². The van der Waals surface area contributed by atoms with Crippen molar-refractivity contribution in [3.05, 3.63) is 59.2 Å². The molecule has 2 N–H and O–H groups in total. The summed E-state index contributed by atoms with van der Waals surface area (Å²) in [6, 6.07) is 11.4. The Morgan fingerprint density at radius 3 is 2.50 bits per heavy atom. The number of ether oxygens (including phenoxy) is 1. The lowest BCUT2D eigenvalue weighted by molar-refractivity contribution is -0.121. The maximum absolute atomic E-state index is 12.3. The van der Waals surface area contributed by atoms with Crippen molar-refractivity contribution < 1.29 is 28.0 Å². The molecule has 0 aromatic heterocycles.